The summed E-state index contributed by atoms with van der Waals surface area (Å²) in [7, 11) is 3.35. The molecule has 1 aliphatic heterocycles. The van der Waals surface area contributed by atoms with Gasteiger partial charge < -0.3 is 19.7 Å². The Labute approximate surface area is 122 Å². The molecule has 20 heavy (non-hydrogen) atoms. The van der Waals surface area contributed by atoms with Crippen LogP contribution in [-0.2, 0) is 0 Å². The largest absolute Gasteiger partial charge is 0.493 e. The van der Waals surface area contributed by atoms with E-state index in [1.54, 1.807) is 14.2 Å². The van der Waals surface area contributed by atoms with E-state index in [9.17, 15) is 0 Å². The van der Waals surface area contributed by atoms with Crippen LogP contribution in [0, 0.1) is 5.41 Å². The van der Waals surface area contributed by atoms with Gasteiger partial charge in [-0.2, -0.15) is 0 Å². The minimum atomic E-state index is 0.246. The minimum absolute atomic E-state index is 0.246. The summed E-state index contributed by atoms with van der Waals surface area (Å²) in [6, 6.07) is 4.55. The molecule has 4 nitrogen and oxygen atoms in total. The lowest BCUT2D eigenvalue weighted by Gasteiger charge is -2.41. The molecule has 1 N–H and O–H groups in total. The van der Waals surface area contributed by atoms with Gasteiger partial charge in [-0.1, -0.05) is 20.8 Å². The van der Waals surface area contributed by atoms with Gasteiger partial charge in [0.05, 0.1) is 25.6 Å². The summed E-state index contributed by atoms with van der Waals surface area (Å²) in [6.07, 6.45) is 0. The zero-order valence-corrected chi connectivity index (χ0v) is 13.4. The number of hydrogen-bond acceptors (Lipinski definition) is 4. The predicted octanol–water partition coefficient (Wildman–Crippen LogP) is 3.37. The SMILES string of the molecule is COc1cc2c(cc1OC)N(CC(C)(C)C)C(C)CN2. The number of anilines is 2. The van der Waals surface area contributed by atoms with E-state index in [4.69, 9.17) is 9.47 Å². The van der Waals surface area contributed by atoms with Crippen molar-refractivity contribution < 1.29 is 9.47 Å². The third kappa shape index (κ3) is 2.94. The maximum Gasteiger partial charge on any atom is 0.162 e. The lowest BCUT2D eigenvalue weighted by molar-refractivity contribution is 0.354. The molecule has 0 spiro atoms. The van der Waals surface area contributed by atoms with Crippen LogP contribution >= 0.6 is 0 Å². The van der Waals surface area contributed by atoms with Gasteiger partial charge in [0.1, 0.15) is 0 Å². The quantitative estimate of drug-likeness (QED) is 0.919. The van der Waals surface area contributed by atoms with Gasteiger partial charge in [0.2, 0.25) is 0 Å². The normalized spacial score (nSPS) is 18.3. The first-order chi connectivity index (χ1) is 9.35. The van der Waals surface area contributed by atoms with Gasteiger partial charge in [0.25, 0.3) is 0 Å². The van der Waals surface area contributed by atoms with Crippen LogP contribution < -0.4 is 19.7 Å². The zero-order chi connectivity index (χ0) is 14.9. The minimum Gasteiger partial charge on any atom is -0.493 e. The van der Waals surface area contributed by atoms with Crippen LogP contribution in [-0.4, -0.2) is 33.4 Å². The smallest absolute Gasteiger partial charge is 0.162 e. The number of hydrogen-bond donors (Lipinski definition) is 1. The lowest BCUT2D eigenvalue weighted by atomic mass is 9.94. The van der Waals surface area contributed by atoms with E-state index in [0.717, 1.165) is 30.3 Å². The number of ether oxygens (including phenoxy) is 2. The molecule has 0 radical (unpaired) electrons. The molecule has 0 fully saturated rings. The summed E-state index contributed by atoms with van der Waals surface area (Å²) in [6.45, 7) is 11.0. The number of rotatable bonds is 3. The molecule has 0 saturated carbocycles. The van der Waals surface area contributed by atoms with Crippen LogP contribution in [0.3, 0.4) is 0 Å². The van der Waals surface area contributed by atoms with Crippen LogP contribution in [0.25, 0.3) is 0 Å². The van der Waals surface area contributed by atoms with E-state index in [1.165, 1.54) is 5.69 Å². The van der Waals surface area contributed by atoms with E-state index in [1.807, 2.05) is 6.07 Å². The van der Waals surface area contributed by atoms with Crippen molar-refractivity contribution in [3.8, 4) is 11.5 Å². The first-order valence-corrected chi connectivity index (χ1v) is 7.12. The second kappa shape index (κ2) is 5.43. The Kier molecular flexibility index (Phi) is 4.02. The molecule has 1 aliphatic rings. The second-order valence-electron chi connectivity index (χ2n) is 6.64. The highest BCUT2D eigenvalue weighted by molar-refractivity contribution is 5.77. The molecular formula is C16H26N2O2. The molecule has 0 aliphatic carbocycles. The first kappa shape index (κ1) is 14.8. The molecular weight excluding hydrogens is 252 g/mol. The Morgan fingerprint density at radius 3 is 2.35 bits per heavy atom. The Bertz CT molecular complexity index is 480. The Balaban J connectivity index is 2.44. The average Bonchev–Trinajstić information content (AvgIpc) is 2.39. The highest BCUT2D eigenvalue weighted by Gasteiger charge is 2.28. The van der Waals surface area contributed by atoms with Gasteiger partial charge in [0.15, 0.2) is 11.5 Å². The summed E-state index contributed by atoms with van der Waals surface area (Å²) in [5.41, 5.74) is 2.55. The first-order valence-electron chi connectivity index (χ1n) is 7.12. The maximum atomic E-state index is 5.44. The van der Waals surface area contributed by atoms with Crippen molar-refractivity contribution in [3.63, 3.8) is 0 Å². The number of benzene rings is 1. The number of fused-ring (bicyclic) bond motifs is 1. The van der Waals surface area contributed by atoms with Gasteiger partial charge in [-0.05, 0) is 12.3 Å². The molecule has 1 atom stereocenters. The van der Waals surface area contributed by atoms with Crippen LogP contribution in [0.2, 0.25) is 0 Å². The molecule has 1 aromatic rings. The number of nitrogens with one attached hydrogen (secondary N) is 1. The van der Waals surface area contributed by atoms with E-state index in [2.05, 4.69) is 44.0 Å². The monoisotopic (exact) mass is 278 g/mol. The molecule has 0 bridgehead atoms. The molecule has 1 aromatic carbocycles. The van der Waals surface area contributed by atoms with E-state index < -0.39 is 0 Å². The topological polar surface area (TPSA) is 33.7 Å². The molecule has 0 amide bonds. The lowest BCUT2D eigenvalue weighted by Crippen LogP contribution is -2.46. The summed E-state index contributed by atoms with van der Waals surface area (Å²) in [5.74, 6) is 1.55. The van der Waals surface area contributed by atoms with Gasteiger partial charge in [-0.25, -0.2) is 0 Å². The highest BCUT2D eigenvalue weighted by atomic mass is 16.5. The molecule has 112 valence electrons. The van der Waals surface area contributed by atoms with E-state index >= 15 is 0 Å². The average molecular weight is 278 g/mol. The number of methoxy groups -OCH3 is 2. The molecule has 4 heteroatoms. The van der Waals surface area contributed by atoms with Crippen molar-refractivity contribution in [1.29, 1.82) is 0 Å². The predicted molar refractivity (Wildman–Crippen MR) is 84.3 cm³/mol. The Hall–Kier alpha value is -1.58. The summed E-state index contributed by atoms with van der Waals surface area (Å²) < 4.78 is 10.8. The number of nitrogens with zero attached hydrogens (tertiary/aromatic N) is 1. The fourth-order valence-corrected chi connectivity index (χ4v) is 2.60. The van der Waals surface area contributed by atoms with Gasteiger partial charge in [-0.15, -0.1) is 0 Å². The van der Waals surface area contributed by atoms with E-state index in [0.29, 0.717) is 6.04 Å². The van der Waals surface area contributed by atoms with Crippen LogP contribution in [0.15, 0.2) is 12.1 Å². The highest BCUT2D eigenvalue weighted by Crippen LogP contribution is 2.41. The standard InChI is InChI=1S/C16H26N2O2/c1-11-9-17-12-7-14(19-5)15(20-6)8-13(12)18(11)10-16(2,3)4/h7-8,11,17H,9-10H2,1-6H3. The summed E-state index contributed by atoms with van der Waals surface area (Å²) in [4.78, 5) is 2.45. The van der Waals surface area contributed by atoms with Crippen molar-refractivity contribution in [2.75, 3.05) is 37.5 Å². The molecule has 0 saturated heterocycles. The van der Waals surface area contributed by atoms with Crippen molar-refractivity contribution in [2.45, 2.75) is 33.7 Å². The van der Waals surface area contributed by atoms with Crippen molar-refractivity contribution >= 4 is 11.4 Å². The Morgan fingerprint density at radius 2 is 1.80 bits per heavy atom. The van der Waals surface area contributed by atoms with Gasteiger partial charge in [0, 0.05) is 31.3 Å². The molecule has 0 aromatic heterocycles. The van der Waals surface area contributed by atoms with Crippen molar-refractivity contribution in [2.24, 2.45) is 5.41 Å². The molecule has 1 heterocycles. The van der Waals surface area contributed by atoms with E-state index in [-0.39, 0.29) is 5.41 Å². The van der Waals surface area contributed by atoms with Crippen LogP contribution in [0.1, 0.15) is 27.7 Å². The zero-order valence-electron chi connectivity index (χ0n) is 13.4. The van der Waals surface area contributed by atoms with Crippen molar-refractivity contribution in [1.82, 2.24) is 0 Å². The molecule has 2 rings (SSSR count). The third-order valence-corrected chi connectivity index (χ3v) is 3.58. The van der Waals surface area contributed by atoms with Crippen molar-refractivity contribution in [3.05, 3.63) is 12.1 Å². The fraction of sp³-hybridized carbons (Fsp3) is 0.625. The summed E-state index contributed by atoms with van der Waals surface area (Å²) >= 11 is 0. The maximum absolute atomic E-state index is 5.44. The van der Waals surface area contributed by atoms with Gasteiger partial charge >= 0.3 is 0 Å². The Morgan fingerprint density at radius 1 is 1.20 bits per heavy atom. The molecule has 1 unspecified atom stereocenters. The van der Waals surface area contributed by atoms with Gasteiger partial charge in [-0.3, -0.25) is 0 Å². The second-order valence-corrected chi connectivity index (χ2v) is 6.64. The fourth-order valence-electron chi connectivity index (χ4n) is 2.60. The summed E-state index contributed by atoms with van der Waals surface area (Å²) in [5, 5.41) is 3.48. The van der Waals surface area contributed by atoms with Crippen LogP contribution in [0.4, 0.5) is 11.4 Å². The third-order valence-electron chi connectivity index (χ3n) is 3.58. The van der Waals surface area contributed by atoms with Crippen LogP contribution in [0.5, 0.6) is 11.5 Å².